The van der Waals surface area contributed by atoms with Gasteiger partial charge in [0.2, 0.25) is 0 Å². The molecule has 0 amide bonds. The van der Waals surface area contributed by atoms with Crippen LogP contribution in [-0.4, -0.2) is 10.3 Å². The fourth-order valence-corrected chi connectivity index (χ4v) is 11.1. The molecule has 0 N–H and O–H groups in total. The van der Waals surface area contributed by atoms with Crippen LogP contribution in [0.2, 0.25) is 0 Å². The predicted molar refractivity (Wildman–Crippen MR) is 278 cm³/mol. The lowest BCUT2D eigenvalue weighted by Crippen LogP contribution is -2.18. The SMILES string of the molecule is CCC1/C(c2cccc3c4ccccc4c4cc(-c5ccc6c7ccccc7n(-c7ccc(-c8ccccc8)cc7)c6c5)ccc4c23)=C\CC/C(C2=CCCC=C2)=N\C1c1ccccc1. The molecular weight excluding hydrogens is 785 g/mol. The molecule has 1 aromatic heterocycles. The minimum absolute atomic E-state index is 0.0138. The Morgan fingerprint density at radius 3 is 1.89 bits per heavy atom. The maximum atomic E-state index is 5.73. The second-order valence-corrected chi connectivity index (χ2v) is 17.8. The molecule has 2 heterocycles. The first-order chi connectivity index (χ1) is 32.2. The number of allylic oxidation sites excluding steroid dienone is 5. The van der Waals surface area contributed by atoms with Crippen molar-refractivity contribution in [3.8, 4) is 27.9 Å². The quantitative estimate of drug-likeness (QED) is 0.142. The molecule has 0 saturated carbocycles. The van der Waals surface area contributed by atoms with Crippen molar-refractivity contribution in [2.75, 3.05) is 0 Å². The van der Waals surface area contributed by atoms with Crippen molar-refractivity contribution in [3.05, 3.63) is 229 Å². The largest absolute Gasteiger partial charge is 0.309 e. The Morgan fingerprint density at radius 2 is 1.12 bits per heavy atom. The third kappa shape index (κ3) is 6.84. The number of benzene rings is 9. The summed E-state index contributed by atoms with van der Waals surface area (Å²) in [6, 6.07) is 69.8. The van der Waals surface area contributed by atoms with Gasteiger partial charge in [-0.2, -0.15) is 0 Å². The van der Waals surface area contributed by atoms with Crippen LogP contribution in [0.5, 0.6) is 0 Å². The van der Waals surface area contributed by atoms with Crippen LogP contribution in [0, 0.1) is 5.92 Å². The van der Waals surface area contributed by atoms with Crippen molar-refractivity contribution in [2.24, 2.45) is 10.9 Å². The van der Waals surface area contributed by atoms with E-state index in [1.54, 1.807) is 0 Å². The van der Waals surface area contributed by atoms with E-state index >= 15 is 0 Å². The summed E-state index contributed by atoms with van der Waals surface area (Å²) >= 11 is 0. The van der Waals surface area contributed by atoms with Gasteiger partial charge in [0, 0.05) is 28.1 Å². The summed E-state index contributed by atoms with van der Waals surface area (Å²) in [5.41, 5.74) is 15.0. The van der Waals surface area contributed by atoms with E-state index in [-0.39, 0.29) is 12.0 Å². The zero-order chi connectivity index (χ0) is 43.3. The highest BCUT2D eigenvalue weighted by molar-refractivity contribution is 6.28. The lowest BCUT2D eigenvalue weighted by atomic mass is 9.78. The monoisotopic (exact) mass is 834 g/mol. The molecule has 2 aliphatic rings. The fourth-order valence-electron chi connectivity index (χ4n) is 11.1. The van der Waals surface area contributed by atoms with Crippen LogP contribution < -0.4 is 0 Å². The number of hydrogen-bond acceptors (Lipinski definition) is 1. The normalized spacial score (nSPS) is 18.3. The molecule has 312 valence electrons. The predicted octanol–water partition coefficient (Wildman–Crippen LogP) is 17.2. The molecule has 0 bridgehead atoms. The van der Waals surface area contributed by atoms with E-state index in [1.807, 2.05) is 0 Å². The Bertz CT molecular complexity index is 3560. The van der Waals surface area contributed by atoms with Crippen LogP contribution in [0.1, 0.15) is 56.2 Å². The molecule has 10 aromatic rings. The van der Waals surface area contributed by atoms with Crippen molar-refractivity contribution in [1.82, 2.24) is 4.57 Å². The lowest BCUT2D eigenvalue weighted by molar-refractivity contribution is 0.519. The van der Waals surface area contributed by atoms with Crippen molar-refractivity contribution in [3.63, 3.8) is 0 Å². The maximum absolute atomic E-state index is 5.73. The van der Waals surface area contributed by atoms with Crippen molar-refractivity contribution in [1.29, 1.82) is 0 Å². The number of nitrogens with zero attached hydrogens (tertiary/aromatic N) is 2. The van der Waals surface area contributed by atoms with E-state index in [2.05, 4.69) is 224 Å². The van der Waals surface area contributed by atoms with Gasteiger partial charge in [0.05, 0.1) is 17.1 Å². The van der Waals surface area contributed by atoms with E-state index in [9.17, 15) is 0 Å². The van der Waals surface area contributed by atoms with Gasteiger partial charge in [-0.05, 0) is 139 Å². The zero-order valence-corrected chi connectivity index (χ0v) is 36.8. The molecule has 65 heavy (non-hydrogen) atoms. The average Bonchev–Trinajstić information content (AvgIpc) is 3.71. The van der Waals surface area contributed by atoms with Crippen LogP contribution >= 0.6 is 0 Å². The Balaban J connectivity index is 1.02. The van der Waals surface area contributed by atoms with Crippen LogP contribution in [0.15, 0.2) is 223 Å². The summed E-state index contributed by atoms with van der Waals surface area (Å²) in [6.45, 7) is 2.35. The molecule has 0 radical (unpaired) electrons. The highest BCUT2D eigenvalue weighted by Crippen LogP contribution is 2.47. The Morgan fingerprint density at radius 1 is 0.492 bits per heavy atom. The van der Waals surface area contributed by atoms with Gasteiger partial charge >= 0.3 is 0 Å². The molecule has 0 saturated heterocycles. The molecule has 2 atom stereocenters. The first kappa shape index (κ1) is 39.1. The van der Waals surface area contributed by atoms with Crippen LogP contribution in [-0.2, 0) is 0 Å². The van der Waals surface area contributed by atoms with E-state index < -0.39 is 0 Å². The van der Waals surface area contributed by atoms with Crippen molar-refractivity contribution >= 4 is 65.4 Å². The summed E-state index contributed by atoms with van der Waals surface area (Å²) in [4.78, 5) is 5.73. The fraction of sp³-hybridized carbons (Fsp3) is 0.127. The number of aliphatic imine (C=N–C) groups is 1. The van der Waals surface area contributed by atoms with E-state index in [4.69, 9.17) is 4.99 Å². The van der Waals surface area contributed by atoms with E-state index in [0.29, 0.717) is 0 Å². The van der Waals surface area contributed by atoms with Gasteiger partial charge in [-0.1, -0.05) is 189 Å². The second-order valence-electron chi connectivity index (χ2n) is 17.8. The van der Waals surface area contributed by atoms with E-state index in [0.717, 1.165) is 37.8 Å². The summed E-state index contributed by atoms with van der Waals surface area (Å²) in [5, 5.41) is 10.3. The lowest BCUT2D eigenvalue weighted by Gasteiger charge is -2.31. The third-order valence-corrected chi connectivity index (χ3v) is 14.1. The summed E-state index contributed by atoms with van der Waals surface area (Å²) in [6.07, 6.45) is 14.6. The molecule has 0 spiro atoms. The molecular formula is C63H50N2. The number of para-hydroxylation sites is 1. The molecule has 2 nitrogen and oxygen atoms in total. The van der Waals surface area contributed by atoms with Gasteiger partial charge in [-0.25, -0.2) is 0 Å². The van der Waals surface area contributed by atoms with E-state index in [1.165, 1.54) is 104 Å². The standard InChI is InChI=1S/C63H50N2/c1-2-49-50(27-17-30-59(44-20-8-4-9-21-44)64-63(49)45-22-10-5-11-23-45)55-28-16-29-56-51-24-12-13-25-52(51)58-40-46(35-39-57(58)62(55)56)47-34-38-54-53-26-14-15-31-60(53)65(61(54)41-47)48-36-32-43(33-37-48)42-18-6-3-7-19-42/h3,5-8,10-16,18-29,31-41,49,63H,2,4,9,17,30H2,1H3/b50-27+,64-59+. The van der Waals surface area contributed by atoms with Crippen LogP contribution in [0.3, 0.4) is 0 Å². The summed E-state index contributed by atoms with van der Waals surface area (Å²) in [7, 11) is 0. The molecule has 12 rings (SSSR count). The van der Waals surface area contributed by atoms with Crippen LogP contribution in [0.25, 0.3) is 87.6 Å². The minimum atomic E-state index is 0.0138. The van der Waals surface area contributed by atoms with Gasteiger partial charge in [0.25, 0.3) is 0 Å². The topological polar surface area (TPSA) is 17.3 Å². The second kappa shape index (κ2) is 16.5. The molecule has 9 aromatic carbocycles. The number of fused-ring (bicyclic) bond motifs is 9. The maximum Gasteiger partial charge on any atom is 0.0820 e. The Labute approximate surface area is 381 Å². The summed E-state index contributed by atoms with van der Waals surface area (Å²) < 4.78 is 2.44. The molecule has 1 aliphatic heterocycles. The summed E-state index contributed by atoms with van der Waals surface area (Å²) in [5.74, 6) is 0.209. The minimum Gasteiger partial charge on any atom is -0.309 e. The average molecular weight is 835 g/mol. The van der Waals surface area contributed by atoms with Gasteiger partial charge in [0.15, 0.2) is 0 Å². The van der Waals surface area contributed by atoms with Crippen LogP contribution in [0.4, 0.5) is 0 Å². The Kier molecular flexibility index (Phi) is 9.94. The van der Waals surface area contributed by atoms with Gasteiger partial charge in [-0.15, -0.1) is 0 Å². The smallest absolute Gasteiger partial charge is 0.0820 e. The highest BCUT2D eigenvalue weighted by Gasteiger charge is 2.30. The first-order valence-electron chi connectivity index (χ1n) is 23.5. The molecule has 1 aliphatic carbocycles. The number of rotatable bonds is 7. The Hall–Kier alpha value is -7.55. The number of aromatic nitrogens is 1. The highest BCUT2D eigenvalue weighted by atomic mass is 15.0. The van der Waals surface area contributed by atoms with Crippen molar-refractivity contribution in [2.45, 2.75) is 45.1 Å². The molecule has 2 heteroatoms. The van der Waals surface area contributed by atoms with Gasteiger partial charge in [0.1, 0.15) is 0 Å². The third-order valence-electron chi connectivity index (χ3n) is 14.1. The number of hydrogen-bond donors (Lipinski definition) is 0. The van der Waals surface area contributed by atoms with Gasteiger partial charge in [-0.3, -0.25) is 4.99 Å². The zero-order valence-electron chi connectivity index (χ0n) is 36.8. The van der Waals surface area contributed by atoms with Gasteiger partial charge < -0.3 is 4.57 Å². The molecule has 2 unspecified atom stereocenters. The van der Waals surface area contributed by atoms with Crippen molar-refractivity contribution < 1.29 is 0 Å². The first-order valence-corrected chi connectivity index (χ1v) is 23.5. The molecule has 0 fully saturated rings.